The fraction of sp³-hybridized carbons (Fsp3) is 0.143. The lowest BCUT2D eigenvalue weighted by molar-refractivity contribution is 1.07. The molecule has 1 rings (SSSR count). The molecule has 0 spiro atoms. The molecule has 0 saturated heterocycles. The standard InChI is InChI=1S/C7H9BrN2/c8-6-3-1-2-5(4-9)7(6)10/h1-3H,4,9-10H2. The van der Waals surface area contributed by atoms with Crippen LogP contribution in [0.1, 0.15) is 5.56 Å². The molecule has 1 aromatic rings. The average molecular weight is 201 g/mol. The Bertz CT molecular complexity index is 235. The van der Waals surface area contributed by atoms with Gasteiger partial charge in [0, 0.05) is 11.0 Å². The monoisotopic (exact) mass is 200 g/mol. The summed E-state index contributed by atoms with van der Waals surface area (Å²) < 4.78 is 0.912. The minimum Gasteiger partial charge on any atom is -0.398 e. The number of para-hydroxylation sites is 1. The third kappa shape index (κ3) is 1.30. The number of nitrogen functional groups attached to an aromatic ring is 1. The third-order valence-corrected chi connectivity index (χ3v) is 2.05. The smallest absolute Gasteiger partial charge is 0.0504 e. The Morgan fingerprint density at radius 2 is 2.10 bits per heavy atom. The van der Waals surface area contributed by atoms with E-state index in [9.17, 15) is 0 Å². The van der Waals surface area contributed by atoms with Gasteiger partial charge in [0.15, 0.2) is 0 Å². The highest BCUT2D eigenvalue weighted by molar-refractivity contribution is 9.10. The van der Waals surface area contributed by atoms with Gasteiger partial charge in [-0.3, -0.25) is 0 Å². The molecule has 0 fully saturated rings. The minimum absolute atomic E-state index is 0.491. The maximum Gasteiger partial charge on any atom is 0.0504 e. The highest BCUT2D eigenvalue weighted by Gasteiger charge is 1.98. The highest BCUT2D eigenvalue weighted by Crippen LogP contribution is 2.21. The predicted octanol–water partition coefficient (Wildman–Crippen LogP) is 1.49. The molecule has 0 bridgehead atoms. The van der Waals surface area contributed by atoms with E-state index in [0.29, 0.717) is 6.54 Å². The van der Waals surface area contributed by atoms with E-state index in [-0.39, 0.29) is 0 Å². The van der Waals surface area contributed by atoms with Crippen LogP contribution in [-0.4, -0.2) is 0 Å². The second kappa shape index (κ2) is 3.03. The molecule has 0 aromatic heterocycles. The molecule has 0 aliphatic rings. The molecule has 0 saturated carbocycles. The Morgan fingerprint density at radius 1 is 1.40 bits per heavy atom. The number of hydrogen-bond donors (Lipinski definition) is 2. The summed E-state index contributed by atoms with van der Waals surface area (Å²) in [6, 6.07) is 5.73. The van der Waals surface area contributed by atoms with Crippen LogP contribution in [0, 0.1) is 0 Å². The maximum atomic E-state index is 5.67. The SMILES string of the molecule is NCc1cccc(Br)c1N. The van der Waals surface area contributed by atoms with Crippen molar-refractivity contribution in [1.29, 1.82) is 0 Å². The van der Waals surface area contributed by atoms with Gasteiger partial charge in [-0.15, -0.1) is 0 Å². The Morgan fingerprint density at radius 3 is 2.60 bits per heavy atom. The van der Waals surface area contributed by atoms with Gasteiger partial charge < -0.3 is 11.5 Å². The zero-order chi connectivity index (χ0) is 7.56. The molecule has 0 unspecified atom stereocenters. The van der Waals surface area contributed by atoms with Crippen molar-refractivity contribution in [2.45, 2.75) is 6.54 Å². The first-order valence-corrected chi connectivity index (χ1v) is 3.78. The predicted molar refractivity (Wildman–Crippen MR) is 46.4 cm³/mol. The zero-order valence-corrected chi connectivity index (χ0v) is 7.06. The summed E-state index contributed by atoms with van der Waals surface area (Å²) in [4.78, 5) is 0. The van der Waals surface area contributed by atoms with Gasteiger partial charge in [0.25, 0.3) is 0 Å². The van der Waals surface area contributed by atoms with Crippen molar-refractivity contribution >= 4 is 21.6 Å². The number of anilines is 1. The maximum absolute atomic E-state index is 5.67. The van der Waals surface area contributed by atoms with Crippen molar-refractivity contribution in [2.75, 3.05) is 5.73 Å². The van der Waals surface area contributed by atoms with E-state index in [0.717, 1.165) is 15.7 Å². The van der Waals surface area contributed by atoms with E-state index in [1.165, 1.54) is 0 Å². The average Bonchev–Trinajstić information content (AvgIpc) is 1.95. The van der Waals surface area contributed by atoms with Crippen LogP contribution in [0.3, 0.4) is 0 Å². The molecule has 3 heteroatoms. The van der Waals surface area contributed by atoms with Gasteiger partial charge in [-0.05, 0) is 27.6 Å². The van der Waals surface area contributed by atoms with Crippen LogP contribution < -0.4 is 11.5 Å². The van der Waals surface area contributed by atoms with Gasteiger partial charge in [-0.1, -0.05) is 12.1 Å². The summed E-state index contributed by atoms with van der Waals surface area (Å²) in [5, 5.41) is 0. The lowest BCUT2D eigenvalue weighted by Gasteiger charge is -2.02. The number of halogens is 1. The molecule has 54 valence electrons. The molecule has 0 atom stereocenters. The number of nitrogens with two attached hydrogens (primary N) is 2. The van der Waals surface area contributed by atoms with E-state index in [2.05, 4.69) is 15.9 Å². The van der Waals surface area contributed by atoms with Gasteiger partial charge in [-0.25, -0.2) is 0 Å². The van der Waals surface area contributed by atoms with E-state index < -0.39 is 0 Å². The third-order valence-electron chi connectivity index (χ3n) is 1.36. The van der Waals surface area contributed by atoms with E-state index in [1.54, 1.807) is 0 Å². The summed E-state index contributed by atoms with van der Waals surface area (Å²) in [6.45, 7) is 0.491. The van der Waals surface area contributed by atoms with Crippen LogP contribution in [0.2, 0.25) is 0 Å². The molecule has 2 nitrogen and oxygen atoms in total. The van der Waals surface area contributed by atoms with E-state index >= 15 is 0 Å². The van der Waals surface area contributed by atoms with Crippen LogP contribution in [0.25, 0.3) is 0 Å². The lowest BCUT2D eigenvalue weighted by Crippen LogP contribution is -2.01. The van der Waals surface area contributed by atoms with Crippen molar-refractivity contribution < 1.29 is 0 Å². The van der Waals surface area contributed by atoms with Crippen LogP contribution in [0.5, 0.6) is 0 Å². The van der Waals surface area contributed by atoms with E-state index in [4.69, 9.17) is 11.5 Å². The Hall–Kier alpha value is -0.540. The Balaban J connectivity index is 3.14. The molecule has 0 radical (unpaired) electrons. The molecule has 4 N–H and O–H groups in total. The molecule has 0 amide bonds. The second-order valence-electron chi connectivity index (χ2n) is 2.02. The van der Waals surface area contributed by atoms with Crippen molar-refractivity contribution in [2.24, 2.45) is 5.73 Å². The number of benzene rings is 1. The van der Waals surface area contributed by atoms with Crippen molar-refractivity contribution in [3.8, 4) is 0 Å². The molecule has 0 aliphatic heterocycles. The molecule has 1 aromatic carbocycles. The molecule has 10 heavy (non-hydrogen) atoms. The molecular weight excluding hydrogens is 192 g/mol. The first-order chi connectivity index (χ1) is 4.75. The summed E-state index contributed by atoms with van der Waals surface area (Å²) in [6.07, 6.45) is 0. The number of rotatable bonds is 1. The van der Waals surface area contributed by atoms with Gasteiger partial charge >= 0.3 is 0 Å². The zero-order valence-electron chi connectivity index (χ0n) is 5.47. The van der Waals surface area contributed by atoms with Crippen molar-refractivity contribution in [3.63, 3.8) is 0 Å². The fourth-order valence-corrected chi connectivity index (χ4v) is 1.17. The summed E-state index contributed by atoms with van der Waals surface area (Å²) in [5.41, 5.74) is 12.8. The number of hydrogen-bond acceptors (Lipinski definition) is 2. The summed E-state index contributed by atoms with van der Waals surface area (Å²) in [7, 11) is 0. The van der Waals surface area contributed by atoms with Crippen LogP contribution in [0.15, 0.2) is 22.7 Å². The van der Waals surface area contributed by atoms with Gasteiger partial charge in [-0.2, -0.15) is 0 Å². The Labute approximate surface area is 68.3 Å². The Kier molecular flexibility index (Phi) is 2.29. The summed E-state index contributed by atoms with van der Waals surface area (Å²) >= 11 is 3.31. The summed E-state index contributed by atoms with van der Waals surface area (Å²) in [5.74, 6) is 0. The van der Waals surface area contributed by atoms with Gasteiger partial charge in [0.05, 0.1) is 5.69 Å². The topological polar surface area (TPSA) is 52.0 Å². The molecular formula is C7H9BrN2. The van der Waals surface area contributed by atoms with Gasteiger partial charge in [0.1, 0.15) is 0 Å². The quantitative estimate of drug-likeness (QED) is 0.676. The molecule has 0 aliphatic carbocycles. The minimum atomic E-state index is 0.491. The van der Waals surface area contributed by atoms with Crippen molar-refractivity contribution in [1.82, 2.24) is 0 Å². The van der Waals surface area contributed by atoms with Crippen LogP contribution in [0.4, 0.5) is 5.69 Å². The second-order valence-corrected chi connectivity index (χ2v) is 2.87. The lowest BCUT2D eigenvalue weighted by atomic mass is 10.2. The molecule has 0 heterocycles. The first-order valence-electron chi connectivity index (χ1n) is 2.98. The van der Waals surface area contributed by atoms with Crippen molar-refractivity contribution in [3.05, 3.63) is 28.2 Å². The van der Waals surface area contributed by atoms with E-state index in [1.807, 2.05) is 18.2 Å². The fourth-order valence-electron chi connectivity index (χ4n) is 0.760. The normalized spacial score (nSPS) is 9.80. The van der Waals surface area contributed by atoms with Gasteiger partial charge in [0.2, 0.25) is 0 Å². The largest absolute Gasteiger partial charge is 0.398 e. The van der Waals surface area contributed by atoms with Crippen LogP contribution >= 0.6 is 15.9 Å². The van der Waals surface area contributed by atoms with Crippen LogP contribution in [-0.2, 0) is 6.54 Å². The highest BCUT2D eigenvalue weighted by atomic mass is 79.9. The first kappa shape index (κ1) is 7.57.